The van der Waals surface area contributed by atoms with Crippen LogP contribution in [0.2, 0.25) is 0 Å². The molecule has 2 N–H and O–H groups in total. The van der Waals surface area contributed by atoms with Crippen LogP contribution in [0.25, 0.3) is 0 Å². The molecule has 0 heterocycles. The summed E-state index contributed by atoms with van der Waals surface area (Å²) >= 11 is 1.80. The van der Waals surface area contributed by atoms with Crippen molar-refractivity contribution in [1.29, 1.82) is 0 Å². The van der Waals surface area contributed by atoms with E-state index in [0.717, 1.165) is 22.8 Å². The van der Waals surface area contributed by atoms with Crippen LogP contribution in [0, 0.1) is 6.92 Å². The standard InChI is InChI=1S/C15H17NOS/c1-11-14(16)7-4-8-15(11)18-10-12-5-3-6-13(9-12)17-2/h3-9H,10,16H2,1-2H3. The smallest absolute Gasteiger partial charge is 0.119 e. The molecule has 94 valence electrons. The molecule has 0 spiro atoms. The Hall–Kier alpha value is -1.61. The van der Waals surface area contributed by atoms with Crippen molar-refractivity contribution < 1.29 is 4.74 Å². The quantitative estimate of drug-likeness (QED) is 0.668. The highest BCUT2D eigenvalue weighted by Gasteiger charge is 2.03. The number of hydrogen-bond donors (Lipinski definition) is 1. The molecule has 2 rings (SSSR count). The molecule has 3 heteroatoms. The Morgan fingerprint density at radius 3 is 2.72 bits per heavy atom. The van der Waals surface area contributed by atoms with Gasteiger partial charge in [-0.15, -0.1) is 11.8 Å². The topological polar surface area (TPSA) is 35.2 Å². The fourth-order valence-electron chi connectivity index (χ4n) is 1.71. The zero-order chi connectivity index (χ0) is 13.0. The number of rotatable bonds is 4. The molecule has 0 aliphatic rings. The Balaban J connectivity index is 2.09. The van der Waals surface area contributed by atoms with Crippen LogP contribution >= 0.6 is 11.8 Å². The Bertz CT molecular complexity index is 540. The Labute approximate surface area is 112 Å². The number of benzene rings is 2. The lowest BCUT2D eigenvalue weighted by Crippen LogP contribution is -1.91. The predicted molar refractivity (Wildman–Crippen MR) is 78.1 cm³/mol. The lowest BCUT2D eigenvalue weighted by molar-refractivity contribution is 0.414. The SMILES string of the molecule is COc1cccc(CSc2cccc(N)c2C)c1. The first-order valence-electron chi connectivity index (χ1n) is 5.81. The third kappa shape index (κ3) is 2.99. The van der Waals surface area contributed by atoms with Crippen LogP contribution < -0.4 is 10.5 Å². The molecule has 0 unspecified atom stereocenters. The van der Waals surface area contributed by atoms with Crippen molar-refractivity contribution in [3.63, 3.8) is 0 Å². The third-order valence-electron chi connectivity index (χ3n) is 2.85. The first-order chi connectivity index (χ1) is 8.70. The van der Waals surface area contributed by atoms with Crippen LogP contribution in [-0.2, 0) is 5.75 Å². The van der Waals surface area contributed by atoms with Gasteiger partial charge < -0.3 is 10.5 Å². The summed E-state index contributed by atoms with van der Waals surface area (Å²) < 4.78 is 5.22. The third-order valence-corrected chi connectivity index (χ3v) is 4.09. The van der Waals surface area contributed by atoms with Gasteiger partial charge in [0.15, 0.2) is 0 Å². The maximum Gasteiger partial charge on any atom is 0.119 e. The molecule has 0 aliphatic carbocycles. The van der Waals surface area contributed by atoms with Gasteiger partial charge in [-0.1, -0.05) is 18.2 Å². The average Bonchev–Trinajstić information content (AvgIpc) is 2.41. The van der Waals surface area contributed by atoms with E-state index in [4.69, 9.17) is 10.5 Å². The van der Waals surface area contributed by atoms with Gasteiger partial charge >= 0.3 is 0 Å². The molecule has 0 saturated heterocycles. The Morgan fingerprint density at radius 1 is 1.17 bits per heavy atom. The lowest BCUT2D eigenvalue weighted by Gasteiger charge is -2.08. The molecule has 18 heavy (non-hydrogen) atoms. The van der Waals surface area contributed by atoms with Crippen LogP contribution in [0.5, 0.6) is 5.75 Å². The van der Waals surface area contributed by atoms with Gasteiger partial charge in [0, 0.05) is 16.3 Å². The summed E-state index contributed by atoms with van der Waals surface area (Å²) in [5, 5.41) is 0. The molecule has 0 radical (unpaired) electrons. The molecular weight excluding hydrogens is 242 g/mol. The van der Waals surface area contributed by atoms with Gasteiger partial charge in [-0.05, 0) is 42.3 Å². The highest BCUT2D eigenvalue weighted by atomic mass is 32.2. The predicted octanol–water partition coefficient (Wildman–Crippen LogP) is 3.88. The van der Waals surface area contributed by atoms with Gasteiger partial charge in [0.2, 0.25) is 0 Å². The molecule has 0 amide bonds. The normalized spacial score (nSPS) is 10.3. The lowest BCUT2D eigenvalue weighted by atomic mass is 10.2. The maximum atomic E-state index is 5.90. The second-order valence-corrected chi connectivity index (χ2v) is 5.13. The average molecular weight is 259 g/mol. The van der Waals surface area contributed by atoms with E-state index in [1.165, 1.54) is 10.5 Å². The van der Waals surface area contributed by atoms with Crippen molar-refractivity contribution in [1.82, 2.24) is 0 Å². The second kappa shape index (κ2) is 5.83. The van der Waals surface area contributed by atoms with Crippen molar-refractivity contribution in [2.75, 3.05) is 12.8 Å². The Morgan fingerprint density at radius 2 is 1.94 bits per heavy atom. The van der Waals surface area contributed by atoms with Crippen LogP contribution in [-0.4, -0.2) is 7.11 Å². The van der Waals surface area contributed by atoms with E-state index in [1.807, 2.05) is 24.3 Å². The van der Waals surface area contributed by atoms with E-state index in [2.05, 4.69) is 25.1 Å². The van der Waals surface area contributed by atoms with Crippen LogP contribution in [0.4, 0.5) is 5.69 Å². The minimum atomic E-state index is 0.852. The molecule has 0 atom stereocenters. The van der Waals surface area contributed by atoms with Gasteiger partial charge in [-0.2, -0.15) is 0 Å². The zero-order valence-corrected chi connectivity index (χ0v) is 11.5. The van der Waals surface area contributed by atoms with E-state index in [0.29, 0.717) is 0 Å². The van der Waals surface area contributed by atoms with Crippen molar-refractivity contribution in [2.45, 2.75) is 17.6 Å². The van der Waals surface area contributed by atoms with Crippen LogP contribution in [0.15, 0.2) is 47.4 Å². The Kier molecular flexibility index (Phi) is 4.15. The summed E-state index contributed by atoms with van der Waals surface area (Å²) in [5.74, 6) is 1.82. The number of nitrogen functional groups attached to an aromatic ring is 1. The van der Waals surface area contributed by atoms with Gasteiger partial charge in [0.25, 0.3) is 0 Å². The fourth-order valence-corrected chi connectivity index (χ4v) is 2.72. The summed E-state index contributed by atoms with van der Waals surface area (Å²) in [4.78, 5) is 1.23. The highest BCUT2D eigenvalue weighted by Crippen LogP contribution is 2.29. The van der Waals surface area contributed by atoms with Gasteiger partial charge in [0.1, 0.15) is 5.75 Å². The van der Waals surface area contributed by atoms with E-state index in [9.17, 15) is 0 Å². The molecular formula is C15H17NOS. The molecule has 0 bridgehead atoms. The van der Waals surface area contributed by atoms with Crippen molar-refractivity contribution in [2.24, 2.45) is 0 Å². The van der Waals surface area contributed by atoms with Gasteiger partial charge in [-0.3, -0.25) is 0 Å². The first-order valence-corrected chi connectivity index (χ1v) is 6.80. The first kappa shape index (κ1) is 12.8. The summed E-state index contributed by atoms with van der Waals surface area (Å²) in [7, 11) is 1.69. The molecule has 0 aliphatic heterocycles. The van der Waals surface area contributed by atoms with E-state index in [-0.39, 0.29) is 0 Å². The summed E-state index contributed by atoms with van der Waals surface area (Å²) in [6, 6.07) is 14.2. The highest BCUT2D eigenvalue weighted by molar-refractivity contribution is 7.98. The van der Waals surface area contributed by atoms with Crippen LogP contribution in [0.3, 0.4) is 0 Å². The molecule has 2 nitrogen and oxygen atoms in total. The van der Waals surface area contributed by atoms with Crippen LogP contribution in [0.1, 0.15) is 11.1 Å². The van der Waals surface area contributed by atoms with Gasteiger partial charge in [-0.25, -0.2) is 0 Å². The molecule has 0 aromatic heterocycles. The van der Waals surface area contributed by atoms with E-state index < -0.39 is 0 Å². The van der Waals surface area contributed by atoms with Gasteiger partial charge in [0.05, 0.1) is 7.11 Å². The molecule has 2 aromatic rings. The number of thioether (sulfide) groups is 1. The zero-order valence-electron chi connectivity index (χ0n) is 10.6. The second-order valence-electron chi connectivity index (χ2n) is 4.11. The number of ether oxygens (including phenoxy) is 1. The van der Waals surface area contributed by atoms with Crippen molar-refractivity contribution in [3.05, 3.63) is 53.6 Å². The monoisotopic (exact) mass is 259 g/mol. The fraction of sp³-hybridized carbons (Fsp3) is 0.200. The molecule has 0 saturated carbocycles. The summed E-state index contributed by atoms with van der Waals surface area (Å²) in [6.07, 6.45) is 0. The number of nitrogens with two attached hydrogens (primary N) is 1. The number of anilines is 1. The number of methoxy groups -OCH3 is 1. The molecule has 0 fully saturated rings. The summed E-state index contributed by atoms with van der Waals surface area (Å²) in [5.41, 5.74) is 9.16. The number of hydrogen-bond acceptors (Lipinski definition) is 3. The minimum Gasteiger partial charge on any atom is -0.497 e. The summed E-state index contributed by atoms with van der Waals surface area (Å²) in [6.45, 7) is 2.06. The molecule has 2 aromatic carbocycles. The maximum absolute atomic E-state index is 5.90. The van der Waals surface area contributed by atoms with E-state index >= 15 is 0 Å². The largest absolute Gasteiger partial charge is 0.497 e. The van der Waals surface area contributed by atoms with Crippen molar-refractivity contribution >= 4 is 17.4 Å². The minimum absolute atomic E-state index is 0.852. The van der Waals surface area contributed by atoms with E-state index in [1.54, 1.807) is 18.9 Å². The van der Waals surface area contributed by atoms with Crippen molar-refractivity contribution in [3.8, 4) is 5.75 Å².